The molecule has 0 aliphatic rings. The van der Waals surface area contributed by atoms with Gasteiger partial charge in [-0.1, -0.05) is 79.4 Å². The molecule has 0 N–H and O–H groups in total. The molecule has 6 aromatic carbocycles. The maximum absolute atomic E-state index is 14.1. The number of thiophene rings is 2. The molecule has 0 aliphatic heterocycles. The van der Waals surface area contributed by atoms with Gasteiger partial charge in [0.15, 0.2) is 0 Å². The van der Waals surface area contributed by atoms with Crippen LogP contribution in [0.25, 0.3) is 96.6 Å². The lowest BCUT2D eigenvalue weighted by molar-refractivity contribution is 1.21. The van der Waals surface area contributed by atoms with Crippen molar-refractivity contribution >= 4 is 97.0 Å². The lowest BCUT2D eigenvalue weighted by Gasteiger charge is -2.10. The normalized spacial score (nSPS) is 12.4. The Morgan fingerprint density at radius 2 is 1.15 bits per heavy atom. The van der Waals surface area contributed by atoms with E-state index in [2.05, 4.69) is 117 Å². The summed E-state index contributed by atoms with van der Waals surface area (Å²) in [7, 11) is 0. The third kappa shape index (κ3) is 3.88. The molecule has 0 aliphatic carbocycles. The number of aromatic nitrogens is 1. The summed E-state index contributed by atoms with van der Waals surface area (Å²) in [6, 6.07) is 41.4. The third-order valence-electron chi connectivity index (χ3n) is 9.87. The lowest BCUT2D eigenvalue weighted by Crippen LogP contribution is -2.12. The molecule has 0 unspecified atom stereocenters. The minimum absolute atomic E-state index is 0.0265. The second-order valence-electron chi connectivity index (χ2n) is 12.5. The Labute approximate surface area is 284 Å². The molecule has 0 saturated carbocycles. The van der Waals surface area contributed by atoms with Gasteiger partial charge in [-0.2, -0.15) is 0 Å². The Bertz CT molecular complexity index is 3060. The second-order valence-corrected chi connectivity index (χ2v) is 14.9. The summed E-state index contributed by atoms with van der Waals surface area (Å²) in [4.78, 5) is 15.4. The fourth-order valence-corrected chi connectivity index (χ4v) is 9.75. The van der Waals surface area contributed by atoms with Crippen molar-refractivity contribution in [2.75, 3.05) is 0 Å². The summed E-state index contributed by atoms with van der Waals surface area (Å²) in [5, 5.41) is 8.82. The largest absolute Gasteiger partial charge is 0.275 e. The topological polar surface area (TPSA) is 21.5 Å². The van der Waals surface area contributed by atoms with E-state index in [1.54, 1.807) is 0 Å². The summed E-state index contributed by atoms with van der Waals surface area (Å²) >= 11 is 3.66. The highest BCUT2D eigenvalue weighted by molar-refractivity contribution is 7.25. The van der Waals surface area contributed by atoms with E-state index >= 15 is 0 Å². The van der Waals surface area contributed by atoms with Crippen LogP contribution in [0.5, 0.6) is 0 Å². The molecule has 0 saturated heterocycles. The average molecular weight is 650 g/mol. The Kier molecular flexibility index (Phi) is 5.87. The molecule has 48 heavy (non-hydrogen) atoms. The van der Waals surface area contributed by atoms with Gasteiger partial charge in [-0.25, -0.2) is 0 Å². The smallest absolute Gasteiger partial charge is 0.263 e. The summed E-state index contributed by atoms with van der Waals surface area (Å²) in [6.45, 7) is 6.06. The molecule has 226 valence electrons. The first-order chi connectivity index (χ1) is 23.6. The van der Waals surface area contributed by atoms with E-state index < -0.39 is 0 Å². The maximum atomic E-state index is 14.1. The highest BCUT2D eigenvalue weighted by atomic mass is 32.1. The van der Waals surface area contributed by atoms with Crippen molar-refractivity contribution in [2.24, 2.45) is 0 Å². The van der Waals surface area contributed by atoms with Crippen LogP contribution < -0.4 is 5.56 Å². The van der Waals surface area contributed by atoms with Crippen LogP contribution >= 0.6 is 22.7 Å². The zero-order chi connectivity index (χ0) is 32.1. The zero-order valence-corrected chi connectivity index (χ0v) is 27.7. The number of benzene rings is 6. The van der Waals surface area contributed by atoms with Gasteiger partial charge in [0.2, 0.25) is 0 Å². The molecular formula is C44H27NOS2. The lowest BCUT2D eigenvalue weighted by atomic mass is 9.95. The highest BCUT2D eigenvalue weighted by Gasteiger charge is 2.20. The van der Waals surface area contributed by atoms with Gasteiger partial charge in [0.1, 0.15) is 0 Å². The number of pyridine rings is 1. The van der Waals surface area contributed by atoms with Crippen LogP contribution in [0.1, 0.15) is 10.4 Å². The van der Waals surface area contributed by atoms with Gasteiger partial charge < -0.3 is 0 Å². The molecule has 0 amide bonds. The van der Waals surface area contributed by atoms with Gasteiger partial charge in [0.25, 0.3) is 5.56 Å². The van der Waals surface area contributed by atoms with Gasteiger partial charge in [-0.05, 0) is 101 Å². The molecule has 10 aromatic rings. The quantitative estimate of drug-likeness (QED) is 0.137. The summed E-state index contributed by atoms with van der Waals surface area (Å²) < 4.78 is 5.81. The van der Waals surface area contributed by atoms with E-state index in [0.29, 0.717) is 0 Å². The Morgan fingerprint density at radius 1 is 0.562 bits per heavy atom. The summed E-state index contributed by atoms with van der Waals surface area (Å²) in [5.41, 5.74) is 7.81. The highest BCUT2D eigenvalue weighted by Crippen LogP contribution is 2.42. The first-order valence-corrected chi connectivity index (χ1v) is 17.7. The van der Waals surface area contributed by atoms with Crippen molar-refractivity contribution in [1.29, 1.82) is 0 Å². The van der Waals surface area contributed by atoms with Crippen molar-refractivity contribution in [3.8, 4) is 22.3 Å². The summed E-state index contributed by atoms with van der Waals surface area (Å²) in [6.07, 6.45) is 6.00. The van der Waals surface area contributed by atoms with E-state index in [9.17, 15) is 4.79 Å². The predicted octanol–water partition coefficient (Wildman–Crippen LogP) is 12.6. The van der Waals surface area contributed by atoms with Crippen LogP contribution in [0.15, 0.2) is 139 Å². The fourth-order valence-electron chi connectivity index (χ4n) is 7.63. The van der Waals surface area contributed by atoms with Crippen LogP contribution in [-0.4, -0.2) is 4.40 Å². The minimum Gasteiger partial charge on any atom is -0.275 e. The van der Waals surface area contributed by atoms with Crippen molar-refractivity contribution < 1.29 is 0 Å². The van der Waals surface area contributed by atoms with Crippen LogP contribution in [0.3, 0.4) is 0 Å². The molecular weight excluding hydrogens is 623 g/mol. The maximum Gasteiger partial charge on any atom is 0.263 e. The van der Waals surface area contributed by atoms with Crippen molar-refractivity contribution in [3.05, 3.63) is 155 Å². The first kappa shape index (κ1) is 27.6. The van der Waals surface area contributed by atoms with Crippen molar-refractivity contribution in [2.45, 2.75) is 6.92 Å². The predicted molar refractivity (Wildman–Crippen MR) is 210 cm³/mol. The molecule has 0 radical (unpaired) electrons. The first-order valence-electron chi connectivity index (χ1n) is 16.1. The van der Waals surface area contributed by atoms with Gasteiger partial charge in [-0.3, -0.25) is 9.20 Å². The number of nitrogens with zero attached hydrogens (tertiary/aromatic N) is 1. The molecule has 4 heterocycles. The SMILES string of the molecule is C=C/C=C\c1c(C)sc2ccc(-c3cc4c5ccccc5c(=O)n5c6ccc(-c7ccc8sc9ccccc9c8c7)cc6c(c3)c45)cc12. The number of fused-ring (bicyclic) bond motifs is 9. The Morgan fingerprint density at radius 3 is 1.94 bits per heavy atom. The van der Waals surface area contributed by atoms with Crippen LogP contribution in [0.2, 0.25) is 0 Å². The number of rotatable bonds is 4. The van der Waals surface area contributed by atoms with Gasteiger partial charge in [-0.15, -0.1) is 22.7 Å². The van der Waals surface area contributed by atoms with Gasteiger partial charge in [0, 0.05) is 56.7 Å². The van der Waals surface area contributed by atoms with E-state index in [-0.39, 0.29) is 5.56 Å². The van der Waals surface area contributed by atoms with E-state index in [0.717, 1.165) is 54.7 Å². The Balaban J connectivity index is 1.27. The van der Waals surface area contributed by atoms with Gasteiger partial charge >= 0.3 is 0 Å². The summed E-state index contributed by atoms with van der Waals surface area (Å²) in [5.74, 6) is 0. The zero-order valence-electron chi connectivity index (χ0n) is 26.1. The number of hydrogen-bond acceptors (Lipinski definition) is 3. The molecule has 4 heteroatoms. The monoisotopic (exact) mass is 649 g/mol. The van der Waals surface area contributed by atoms with Crippen molar-refractivity contribution in [3.63, 3.8) is 0 Å². The number of allylic oxidation sites excluding steroid dienone is 2. The standard InChI is InChI=1S/C44H27NOS2/c1-3-4-9-30-25(2)47-41-18-16-28(22-35(30)41)29-23-37-31-10-5-6-12-33(31)44(46)45-39-17-14-26(20-34(39)38(24-29)43(37)45)27-15-19-42-36(21-27)32-11-7-8-13-40(32)48-42/h3-24H,1H2,2H3/b9-4-. The molecule has 0 bridgehead atoms. The van der Waals surface area contributed by atoms with E-state index in [1.165, 1.54) is 46.3 Å². The number of hydrogen-bond donors (Lipinski definition) is 0. The fraction of sp³-hybridized carbons (Fsp3) is 0.0227. The average Bonchev–Trinajstić information content (AvgIpc) is 3.77. The second kappa shape index (κ2) is 10.2. The molecule has 0 spiro atoms. The van der Waals surface area contributed by atoms with E-state index in [1.807, 2.05) is 57.4 Å². The minimum atomic E-state index is 0.0265. The molecule has 10 rings (SSSR count). The molecule has 2 nitrogen and oxygen atoms in total. The van der Waals surface area contributed by atoms with Crippen LogP contribution in [0.4, 0.5) is 0 Å². The Hall–Kier alpha value is -5.55. The van der Waals surface area contributed by atoms with Crippen molar-refractivity contribution in [1.82, 2.24) is 4.40 Å². The van der Waals surface area contributed by atoms with Gasteiger partial charge in [0.05, 0.1) is 11.0 Å². The van der Waals surface area contributed by atoms with Crippen LogP contribution in [0, 0.1) is 6.92 Å². The van der Waals surface area contributed by atoms with E-state index in [4.69, 9.17) is 0 Å². The number of aryl methyl sites for hydroxylation is 1. The third-order valence-corrected chi connectivity index (χ3v) is 12.1. The van der Waals surface area contributed by atoms with Crippen LogP contribution in [-0.2, 0) is 0 Å². The molecule has 0 atom stereocenters. The molecule has 0 fully saturated rings. The molecule has 4 aromatic heterocycles.